The number of rotatable bonds is 10. The van der Waals surface area contributed by atoms with Gasteiger partial charge in [-0.2, -0.15) is 0 Å². The molecule has 0 aliphatic carbocycles. The second-order valence-corrected chi connectivity index (χ2v) is 10.8. The lowest BCUT2D eigenvalue weighted by atomic mass is 9.95. The van der Waals surface area contributed by atoms with Crippen LogP contribution in [0.4, 0.5) is 4.79 Å². The smallest absolute Gasteiger partial charge is 0.408 e. The van der Waals surface area contributed by atoms with Gasteiger partial charge < -0.3 is 25.8 Å². The van der Waals surface area contributed by atoms with Gasteiger partial charge in [-0.25, -0.2) is 4.79 Å². The van der Waals surface area contributed by atoms with Crippen molar-refractivity contribution in [3.05, 3.63) is 59.2 Å². The van der Waals surface area contributed by atoms with E-state index in [1.54, 1.807) is 51.6 Å². The summed E-state index contributed by atoms with van der Waals surface area (Å²) in [5.41, 5.74) is 1.66. The molecule has 1 unspecified atom stereocenters. The number of carbonyl (C=O) groups excluding carboxylic acids is 3. The third kappa shape index (κ3) is 9.81. The summed E-state index contributed by atoms with van der Waals surface area (Å²) in [6, 6.07) is 11.3. The van der Waals surface area contributed by atoms with Crippen molar-refractivity contribution < 1.29 is 24.2 Å². The number of aryl methyl sites for hydroxylation is 2. The average Bonchev–Trinajstić information content (AvgIpc) is 2.77. The van der Waals surface area contributed by atoms with E-state index in [1.807, 2.05) is 44.2 Å². The number of nitrogens with one attached hydrogen (secondary N) is 3. The molecular weight excluding hydrogens is 478 g/mol. The zero-order valence-electron chi connectivity index (χ0n) is 21.8. The summed E-state index contributed by atoms with van der Waals surface area (Å²) in [7, 11) is 0. The van der Waals surface area contributed by atoms with Crippen molar-refractivity contribution in [2.75, 3.05) is 12.3 Å². The van der Waals surface area contributed by atoms with Crippen LogP contribution in [0.3, 0.4) is 0 Å². The van der Waals surface area contributed by atoms with E-state index < -0.39 is 29.7 Å². The van der Waals surface area contributed by atoms with Gasteiger partial charge in [0.2, 0.25) is 11.8 Å². The van der Waals surface area contributed by atoms with Gasteiger partial charge in [-0.1, -0.05) is 18.2 Å². The van der Waals surface area contributed by atoms with E-state index in [9.17, 15) is 19.5 Å². The molecule has 3 amide bonds. The highest BCUT2D eigenvalue weighted by Gasteiger charge is 2.28. The lowest BCUT2D eigenvalue weighted by molar-refractivity contribution is -0.129. The number of carbonyl (C=O) groups is 3. The molecule has 2 aromatic carbocycles. The molecule has 0 fully saturated rings. The van der Waals surface area contributed by atoms with E-state index >= 15 is 0 Å². The third-order valence-corrected chi connectivity index (χ3v) is 6.28. The van der Waals surface area contributed by atoms with Gasteiger partial charge >= 0.3 is 6.09 Å². The van der Waals surface area contributed by atoms with Crippen molar-refractivity contribution in [2.24, 2.45) is 0 Å². The molecule has 0 spiro atoms. The summed E-state index contributed by atoms with van der Waals surface area (Å²) in [4.78, 5) is 39.3. The Morgan fingerprint density at radius 1 is 1.00 bits per heavy atom. The Morgan fingerprint density at radius 3 is 2.19 bits per heavy atom. The number of benzene rings is 2. The van der Waals surface area contributed by atoms with Crippen LogP contribution < -0.4 is 16.0 Å². The maximum absolute atomic E-state index is 13.2. The summed E-state index contributed by atoms with van der Waals surface area (Å²) in [5, 5.41) is 18.0. The number of thioether (sulfide) groups is 1. The lowest BCUT2D eigenvalue weighted by Gasteiger charge is -2.25. The number of aromatic hydroxyl groups is 1. The number of hydrogen-bond acceptors (Lipinski definition) is 6. The molecule has 0 saturated heterocycles. The summed E-state index contributed by atoms with van der Waals surface area (Å²) in [5.74, 6) is 0.00296. The Labute approximate surface area is 217 Å². The van der Waals surface area contributed by atoms with Crippen LogP contribution in [-0.4, -0.2) is 53.0 Å². The monoisotopic (exact) mass is 515 g/mol. The highest BCUT2D eigenvalue weighted by atomic mass is 32.2. The summed E-state index contributed by atoms with van der Waals surface area (Å²) < 4.78 is 5.34. The molecule has 4 N–H and O–H groups in total. The first kappa shape index (κ1) is 29.0. The van der Waals surface area contributed by atoms with Gasteiger partial charge in [0, 0.05) is 23.6 Å². The largest absolute Gasteiger partial charge is 0.508 e. The number of phenols is 1. The number of alkyl carbamates (subject to hydrolysis) is 1. The quantitative estimate of drug-likeness (QED) is 0.282. The Morgan fingerprint density at radius 2 is 1.61 bits per heavy atom. The molecule has 0 saturated carbocycles. The third-order valence-electron chi connectivity index (χ3n) is 5.26. The normalized spacial score (nSPS) is 12.8. The highest BCUT2D eigenvalue weighted by Crippen LogP contribution is 2.22. The standard InChI is InChI=1S/C27H37N3O5S/c1-17-14-20(31)15-18(2)22(17)16-23(30-26(34)35-27(4,5)6)25(33)29-19(3)24(32)28-12-13-36-21-10-8-7-9-11-21/h7-11,14-15,19,23,31H,12-13,16H2,1-6H3,(H,28,32)(H,29,33)(H,30,34)/t19-,23?/m1/s1. The average molecular weight is 516 g/mol. The van der Waals surface area contributed by atoms with E-state index in [-0.39, 0.29) is 18.1 Å². The minimum Gasteiger partial charge on any atom is -0.508 e. The second kappa shape index (κ2) is 13.2. The summed E-state index contributed by atoms with van der Waals surface area (Å²) in [6.45, 7) is 10.9. The van der Waals surface area contributed by atoms with Crippen LogP contribution in [0.15, 0.2) is 47.4 Å². The lowest BCUT2D eigenvalue weighted by Crippen LogP contribution is -2.54. The van der Waals surface area contributed by atoms with Crippen molar-refractivity contribution in [1.29, 1.82) is 0 Å². The molecule has 2 atom stereocenters. The van der Waals surface area contributed by atoms with Gasteiger partial charge in [0.05, 0.1) is 0 Å². The van der Waals surface area contributed by atoms with Crippen molar-refractivity contribution in [3.63, 3.8) is 0 Å². The predicted molar refractivity (Wildman–Crippen MR) is 142 cm³/mol. The fourth-order valence-electron chi connectivity index (χ4n) is 3.55. The molecule has 0 heterocycles. The first-order valence-corrected chi connectivity index (χ1v) is 12.9. The molecule has 9 heteroatoms. The van der Waals surface area contributed by atoms with Gasteiger partial charge in [-0.05, 0) is 82.5 Å². The van der Waals surface area contributed by atoms with Crippen molar-refractivity contribution in [2.45, 2.75) is 70.5 Å². The van der Waals surface area contributed by atoms with Gasteiger partial charge in [0.1, 0.15) is 23.4 Å². The maximum atomic E-state index is 13.2. The minimum absolute atomic E-state index is 0.130. The molecule has 0 aliphatic heterocycles. The molecule has 0 aromatic heterocycles. The van der Waals surface area contributed by atoms with Crippen molar-refractivity contribution in [3.8, 4) is 5.75 Å². The first-order valence-electron chi connectivity index (χ1n) is 11.9. The van der Waals surface area contributed by atoms with Gasteiger partial charge in [-0.3, -0.25) is 9.59 Å². The Kier molecular flexibility index (Phi) is 10.6. The number of hydrogen-bond donors (Lipinski definition) is 4. The Hall–Kier alpha value is -3.20. The molecule has 2 aromatic rings. The van der Waals surface area contributed by atoms with E-state index in [1.165, 1.54) is 0 Å². The van der Waals surface area contributed by atoms with E-state index in [0.717, 1.165) is 21.6 Å². The molecule has 196 valence electrons. The Bertz CT molecular complexity index is 1030. The van der Waals surface area contributed by atoms with E-state index in [2.05, 4.69) is 16.0 Å². The molecular formula is C27H37N3O5S. The molecule has 0 radical (unpaired) electrons. The Balaban J connectivity index is 2.02. The maximum Gasteiger partial charge on any atom is 0.408 e. The number of ether oxygens (including phenoxy) is 1. The van der Waals surface area contributed by atoms with Crippen LogP contribution >= 0.6 is 11.8 Å². The molecule has 36 heavy (non-hydrogen) atoms. The topological polar surface area (TPSA) is 117 Å². The van der Waals surface area contributed by atoms with Crippen molar-refractivity contribution >= 4 is 29.7 Å². The van der Waals surface area contributed by atoms with Gasteiger partial charge in [0.25, 0.3) is 0 Å². The molecule has 2 rings (SSSR count). The predicted octanol–water partition coefficient (Wildman–Crippen LogP) is 3.86. The number of phenolic OH excluding ortho intramolecular Hbond substituents is 1. The fraction of sp³-hybridized carbons (Fsp3) is 0.444. The highest BCUT2D eigenvalue weighted by molar-refractivity contribution is 7.99. The zero-order valence-corrected chi connectivity index (χ0v) is 22.6. The second-order valence-electron chi connectivity index (χ2n) is 9.64. The fourth-order valence-corrected chi connectivity index (χ4v) is 4.34. The van der Waals surface area contributed by atoms with Gasteiger partial charge in [0.15, 0.2) is 0 Å². The molecule has 0 bridgehead atoms. The van der Waals surface area contributed by atoms with Crippen LogP contribution in [0.25, 0.3) is 0 Å². The van der Waals surface area contributed by atoms with Crippen LogP contribution in [0.5, 0.6) is 5.75 Å². The first-order chi connectivity index (χ1) is 16.9. The summed E-state index contributed by atoms with van der Waals surface area (Å²) >= 11 is 1.63. The van der Waals surface area contributed by atoms with Crippen molar-refractivity contribution in [1.82, 2.24) is 16.0 Å². The number of amides is 3. The zero-order chi connectivity index (χ0) is 26.9. The van der Waals surface area contributed by atoms with E-state index in [4.69, 9.17) is 4.74 Å². The van der Waals surface area contributed by atoms with Crippen LogP contribution in [0.2, 0.25) is 0 Å². The molecule has 8 nitrogen and oxygen atoms in total. The van der Waals surface area contributed by atoms with E-state index in [0.29, 0.717) is 12.3 Å². The van der Waals surface area contributed by atoms with Crippen LogP contribution in [0, 0.1) is 13.8 Å². The SMILES string of the molecule is Cc1cc(O)cc(C)c1CC(NC(=O)OC(C)(C)C)C(=O)N[C@H](C)C(=O)NCCSc1ccccc1. The summed E-state index contributed by atoms with van der Waals surface area (Å²) in [6.07, 6.45) is -0.558. The molecule has 0 aliphatic rings. The minimum atomic E-state index is -0.981. The van der Waals surface area contributed by atoms with Crippen LogP contribution in [0.1, 0.15) is 44.4 Å². The van der Waals surface area contributed by atoms with Crippen LogP contribution in [-0.2, 0) is 20.7 Å². The van der Waals surface area contributed by atoms with Gasteiger partial charge in [-0.15, -0.1) is 11.8 Å².